The first-order chi connectivity index (χ1) is 9.38. The Hall–Kier alpha value is -1.04. The van der Waals surface area contributed by atoms with E-state index < -0.39 is 18.1 Å². The Morgan fingerprint density at radius 2 is 1.90 bits per heavy atom. The molecule has 1 unspecified atom stereocenters. The Labute approximate surface area is 124 Å². The molecule has 0 saturated carbocycles. The molecule has 1 aliphatic heterocycles. The van der Waals surface area contributed by atoms with Crippen LogP contribution in [0.4, 0.5) is 13.2 Å². The van der Waals surface area contributed by atoms with Crippen LogP contribution >= 0.6 is 15.9 Å². The topological polar surface area (TPSA) is 20.3 Å². The van der Waals surface area contributed by atoms with Gasteiger partial charge in [0.1, 0.15) is 6.04 Å². The Morgan fingerprint density at radius 3 is 2.50 bits per heavy atom. The third-order valence-electron chi connectivity index (χ3n) is 3.47. The molecule has 1 atom stereocenters. The van der Waals surface area contributed by atoms with E-state index in [1.807, 2.05) is 0 Å². The highest BCUT2D eigenvalue weighted by Crippen LogP contribution is 2.32. The van der Waals surface area contributed by atoms with Crippen molar-refractivity contribution in [2.24, 2.45) is 0 Å². The monoisotopic (exact) mass is 349 g/mol. The summed E-state index contributed by atoms with van der Waals surface area (Å²) in [7, 11) is 0. The molecule has 1 heterocycles. The summed E-state index contributed by atoms with van der Waals surface area (Å²) in [6, 6.07) is 5.42. The van der Waals surface area contributed by atoms with Crippen LogP contribution in [0.1, 0.15) is 24.8 Å². The van der Waals surface area contributed by atoms with Crippen molar-refractivity contribution >= 4 is 21.8 Å². The molecule has 0 N–H and O–H groups in total. The van der Waals surface area contributed by atoms with Crippen molar-refractivity contribution in [2.75, 3.05) is 6.54 Å². The number of likely N-dealkylation sites (tertiary alicyclic amines) is 1. The van der Waals surface area contributed by atoms with Crippen molar-refractivity contribution in [3.8, 4) is 0 Å². The lowest BCUT2D eigenvalue weighted by atomic mass is 10.0. The fourth-order valence-corrected chi connectivity index (χ4v) is 2.71. The number of piperidine rings is 1. The number of carbonyl (C=O) groups excluding carboxylic acids is 1. The SMILES string of the molecule is O=C(Cc1ccc(Br)cc1)N1CCCCC1C(F)(F)F. The first-order valence-corrected chi connectivity index (χ1v) is 7.28. The van der Waals surface area contributed by atoms with Gasteiger partial charge in [-0.2, -0.15) is 13.2 Å². The number of rotatable bonds is 2. The average Bonchev–Trinajstić information content (AvgIpc) is 2.40. The summed E-state index contributed by atoms with van der Waals surface area (Å²) in [5.74, 6) is -0.450. The molecule has 1 amide bonds. The third-order valence-corrected chi connectivity index (χ3v) is 4.00. The van der Waals surface area contributed by atoms with Gasteiger partial charge in [-0.1, -0.05) is 28.1 Å². The minimum absolute atomic E-state index is 0.00950. The van der Waals surface area contributed by atoms with E-state index >= 15 is 0 Å². The van der Waals surface area contributed by atoms with Gasteiger partial charge in [-0.3, -0.25) is 4.79 Å². The molecule has 110 valence electrons. The molecule has 20 heavy (non-hydrogen) atoms. The number of hydrogen-bond acceptors (Lipinski definition) is 1. The highest BCUT2D eigenvalue weighted by atomic mass is 79.9. The quantitative estimate of drug-likeness (QED) is 0.791. The Balaban J connectivity index is 2.08. The predicted octanol–water partition coefficient (Wildman–Crippen LogP) is 3.94. The number of alkyl halides is 3. The van der Waals surface area contributed by atoms with Crippen molar-refractivity contribution in [1.82, 2.24) is 4.90 Å². The zero-order chi connectivity index (χ0) is 14.8. The number of amides is 1. The highest BCUT2D eigenvalue weighted by molar-refractivity contribution is 9.10. The predicted molar refractivity (Wildman–Crippen MR) is 73.3 cm³/mol. The summed E-state index contributed by atoms with van der Waals surface area (Å²) in [6.45, 7) is 0.194. The first kappa shape index (κ1) is 15.4. The number of nitrogens with zero attached hydrogens (tertiary/aromatic N) is 1. The molecule has 1 aromatic carbocycles. The second-order valence-corrected chi connectivity index (χ2v) is 5.86. The highest BCUT2D eigenvalue weighted by Gasteiger charge is 2.45. The van der Waals surface area contributed by atoms with Crippen LogP contribution in [-0.4, -0.2) is 29.6 Å². The van der Waals surface area contributed by atoms with Crippen molar-refractivity contribution in [3.05, 3.63) is 34.3 Å². The van der Waals surface area contributed by atoms with Crippen molar-refractivity contribution in [2.45, 2.75) is 37.9 Å². The van der Waals surface area contributed by atoms with Crippen LogP contribution in [0, 0.1) is 0 Å². The molecular formula is C14H15BrF3NO. The fraction of sp³-hybridized carbons (Fsp3) is 0.500. The van der Waals surface area contributed by atoms with Crippen LogP contribution in [0.25, 0.3) is 0 Å². The molecule has 0 spiro atoms. The van der Waals surface area contributed by atoms with Crippen molar-refractivity contribution < 1.29 is 18.0 Å². The normalized spacial score (nSPS) is 20.0. The molecule has 0 bridgehead atoms. The van der Waals surface area contributed by atoms with Crippen molar-refractivity contribution in [3.63, 3.8) is 0 Å². The minimum Gasteiger partial charge on any atom is -0.330 e. The smallest absolute Gasteiger partial charge is 0.330 e. The third kappa shape index (κ3) is 3.75. The average molecular weight is 350 g/mol. The molecule has 2 nitrogen and oxygen atoms in total. The second kappa shape index (κ2) is 6.16. The summed E-state index contributed by atoms with van der Waals surface area (Å²) in [6.07, 6.45) is -3.16. The summed E-state index contributed by atoms with van der Waals surface area (Å²) < 4.78 is 39.7. The molecule has 0 aliphatic carbocycles. The number of carbonyl (C=O) groups is 1. The number of hydrogen-bond donors (Lipinski definition) is 0. The van der Waals surface area contributed by atoms with Crippen LogP contribution in [0.2, 0.25) is 0 Å². The molecular weight excluding hydrogens is 335 g/mol. The molecule has 0 aromatic heterocycles. The maximum absolute atomic E-state index is 12.9. The lowest BCUT2D eigenvalue weighted by Gasteiger charge is -2.36. The van der Waals surface area contributed by atoms with Crippen LogP contribution in [0.3, 0.4) is 0 Å². The molecule has 6 heteroatoms. The van der Waals surface area contributed by atoms with Gasteiger partial charge in [0.15, 0.2) is 0 Å². The first-order valence-electron chi connectivity index (χ1n) is 6.48. The van der Waals surface area contributed by atoms with E-state index in [1.165, 1.54) is 0 Å². The van der Waals surface area contributed by atoms with Crippen LogP contribution in [0.5, 0.6) is 0 Å². The zero-order valence-corrected chi connectivity index (χ0v) is 12.4. The summed E-state index contributed by atoms with van der Waals surface area (Å²) in [5.41, 5.74) is 0.727. The lowest BCUT2D eigenvalue weighted by Crippen LogP contribution is -2.51. The Morgan fingerprint density at radius 1 is 1.25 bits per heavy atom. The number of benzene rings is 1. The molecule has 1 saturated heterocycles. The second-order valence-electron chi connectivity index (χ2n) is 4.94. The van der Waals surface area contributed by atoms with Gasteiger partial charge in [0.05, 0.1) is 6.42 Å². The summed E-state index contributed by atoms with van der Waals surface area (Å²) >= 11 is 3.28. The van der Waals surface area contributed by atoms with E-state index in [1.54, 1.807) is 24.3 Å². The van der Waals surface area contributed by atoms with Gasteiger partial charge < -0.3 is 4.90 Å². The zero-order valence-electron chi connectivity index (χ0n) is 10.8. The van der Waals surface area contributed by atoms with E-state index in [0.29, 0.717) is 12.8 Å². The minimum atomic E-state index is -4.34. The molecule has 1 aromatic rings. The standard InChI is InChI=1S/C14H15BrF3NO/c15-11-6-4-10(5-7-11)9-13(20)19-8-2-1-3-12(19)14(16,17)18/h4-7,12H,1-3,8-9H2. The maximum atomic E-state index is 12.9. The van der Waals surface area contributed by atoms with Gasteiger partial charge in [-0.15, -0.1) is 0 Å². The van der Waals surface area contributed by atoms with E-state index in [2.05, 4.69) is 15.9 Å². The van der Waals surface area contributed by atoms with Crippen LogP contribution < -0.4 is 0 Å². The van der Waals surface area contributed by atoms with Gasteiger partial charge in [-0.05, 0) is 37.0 Å². The lowest BCUT2D eigenvalue weighted by molar-refractivity contribution is -0.195. The maximum Gasteiger partial charge on any atom is 0.408 e. The fourth-order valence-electron chi connectivity index (χ4n) is 2.45. The van der Waals surface area contributed by atoms with E-state index in [-0.39, 0.29) is 19.4 Å². The molecule has 1 fully saturated rings. The molecule has 1 aliphatic rings. The Bertz CT molecular complexity index is 472. The molecule has 0 radical (unpaired) electrons. The van der Waals surface area contributed by atoms with Crippen LogP contribution in [0.15, 0.2) is 28.7 Å². The van der Waals surface area contributed by atoms with Gasteiger partial charge >= 0.3 is 6.18 Å². The largest absolute Gasteiger partial charge is 0.408 e. The van der Waals surface area contributed by atoms with Crippen molar-refractivity contribution in [1.29, 1.82) is 0 Å². The van der Waals surface area contributed by atoms with Gasteiger partial charge in [0, 0.05) is 11.0 Å². The van der Waals surface area contributed by atoms with Gasteiger partial charge in [0.25, 0.3) is 0 Å². The summed E-state index contributed by atoms with van der Waals surface area (Å²) in [4.78, 5) is 13.1. The van der Waals surface area contributed by atoms with E-state index in [4.69, 9.17) is 0 Å². The number of halogens is 4. The van der Waals surface area contributed by atoms with Gasteiger partial charge in [0.2, 0.25) is 5.91 Å². The molecule has 2 rings (SSSR count). The van der Waals surface area contributed by atoms with E-state index in [0.717, 1.165) is 14.9 Å². The van der Waals surface area contributed by atoms with Gasteiger partial charge in [-0.25, -0.2) is 0 Å². The Kier molecular flexibility index (Phi) is 4.73. The van der Waals surface area contributed by atoms with E-state index in [9.17, 15) is 18.0 Å². The van der Waals surface area contributed by atoms with Crippen LogP contribution in [-0.2, 0) is 11.2 Å². The summed E-state index contributed by atoms with van der Waals surface area (Å²) in [5, 5.41) is 0.